The van der Waals surface area contributed by atoms with Crippen LogP contribution in [-0.4, -0.2) is 25.0 Å². The van der Waals surface area contributed by atoms with Gasteiger partial charge in [-0.1, -0.05) is 46.0 Å². The largest absolute Gasteiger partial charge is 0.354 e. The van der Waals surface area contributed by atoms with Crippen LogP contribution in [0.1, 0.15) is 65.7 Å². The summed E-state index contributed by atoms with van der Waals surface area (Å²) in [6, 6.07) is 0.362. The number of hydrogen-bond acceptors (Lipinski definition) is 2. The van der Waals surface area contributed by atoms with Gasteiger partial charge in [0.25, 0.3) is 0 Å². The van der Waals surface area contributed by atoms with Crippen LogP contribution in [0.25, 0.3) is 0 Å². The Bertz CT molecular complexity index is 249. The van der Waals surface area contributed by atoms with Gasteiger partial charge in [0.05, 0.1) is 0 Å². The number of amides is 1. The zero-order valence-electron chi connectivity index (χ0n) is 13.0. The summed E-state index contributed by atoms with van der Waals surface area (Å²) in [6.07, 6.45) is 8.84. The molecule has 1 fully saturated rings. The van der Waals surface area contributed by atoms with Gasteiger partial charge in [0.1, 0.15) is 0 Å². The third-order valence-corrected chi connectivity index (χ3v) is 4.34. The SMILES string of the molecule is CCN[C@H](C)CNC(=O)C(CC)CC1CCCCC1. The van der Waals surface area contributed by atoms with Gasteiger partial charge in [-0.3, -0.25) is 4.79 Å². The number of carbonyl (C=O) groups excluding carboxylic acids is 1. The summed E-state index contributed by atoms with van der Waals surface area (Å²) < 4.78 is 0. The van der Waals surface area contributed by atoms with Gasteiger partial charge in [0.15, 0.2) is 0 Å². The Morgan fingerprint density at radius 3 is 2.47 bits per heavy atom. The Labute approximate surface area is 118 Å². The van der Waals surface area contributed by atoms with Crippen molar-refractivity contribution in [3.8, 4) is 0 Å². The van der Waals surface area contributed by atoms with Crippen molar-refractivity contribution in [1.29, 1.82) is 0 Å². The first-order valence-electron chi connectivity index (χ1n) is 8.18. The topological polar surface area (TPSA) is 41.1 Å². The molecule has 1 aliphatic carbocycles. The fraction of sp³-hybridized carbons (Fsp3) is 0.938. The Morgan fingerprint density at radius 1 is 1.21 bits per heavy atom. The molecule has 19 heavy (non-hydrogen) atoms. The molecule has 1 saturated carbocycles. The van der Waals surface area contributed by atoms with Gasteiger partial charge in [-0.15, -0.1) is 0 Å². The lowest BCUT2D eigenvalue weighted by Gasteiger charge is -2.26. The summed E-state index contributed by atoms with van der Waals surface area (Å²) in [4.78, 5) is 12.2. The molecule has 1 aliphatic rings. The first-order chi connectivity index (χ1) is 9.17. The maximum atomic E-state index is 12.2. The first-order valence-corrected chi connectivity index (χ1v) is 8.18. The van der Waals surface area contributed by atoms with Gasteiger partial charge in [0.2, 0.25) is 5.91 Å². The zero-order valence-corrected chi connectivity index (χ0v) is 13.0. The molecule has 0 radical (unpaired) electrons. The summed E-state index contributed by atoms with van der Waals surface area (Å²) in [6.45, 7) is 8.05. The minimum atomic E-state index is 0.219. The van der Waals surface area contributed by atoms with E-state index in [4.69, 9.17) is 0 Å². The van der Waals surface area contributed by atoms with Crippen LogP contribution in [0.5, 0.6) is 0 Å². The number of carbonyl (C=O) groups is 1. The molecule has 2 N–H and O–H groups in total. The molecule has 0 saturated heterocycles. The van der Waals surface area contributed by atoms with Gasteiger partial charge >= 0.3 is 0 Å². The molecule has 0 aromatic heterocycles. The van der Waals surface area contributed by atoms with Crippen molar-refractivity contribution in [3.05, 3.63) is 0 Å². The Balaban J connectivity index is 2.29. The van der Waals surface area contributed by atoms with Crippen LogP contribution in [0.15, 0.2) is 0 Å². The van der Waals surface area contributed by atoms with Gasteiger partial charge in [-0.05, 0) is 32.2 Å². The predicted molar refractivity (Wildman–Crippen MR) is 81.1 cm³/mol. The molecule has 0 spiro atoms. The molecule has 0 aromatic carbocycles. The zero-order chi connectivity index (χ0) is 14.1. The van der Waals surface area contributed by atoms with Crippen molar-refractivity contribution in [2.24, 2.45) is 11.8 Å². The molecule has 0 aromatic rings. The molecule has 2 atom stereocenters. The summed E-state index contributed by atoms with van der Waals surface area (Å²) >= 11 is 0. The highest BCUT2D eigenvalue weighted by molar-refractivity contribution is 5.78. The van der Waals surface area contributed by atoms with Crippen molar-refractivity contribution < 1.29 is 4.79 Å². The Hall–Kier alpha value is -0.570. The second-order valence-electron chi connectivity index (χ2n) is 6.05. The van der Waals surface area contributed by atoms with Gasteiger partial charge in [-0.25, -0.2) is 0 Å². The number of likely N-dealkylation sites (N-methyl/N-ethyl adjacent to an activating group) is 1. The number of hydrogen-bond donors (Lipinski definition) is 2. The van der Waals surface area contributed by atoms with E-state index in [9.17, 15) is 4.79 Å². The molecule has 0 bridgehead atoms. The normalized spacial score (nSPS) is 19.9. The van der Waals surface area contributed by atoms with E-state index >= 15 is 0 Å². The fourth-order valence-electron chi connectivity index (χ4n) is 3.10. The molecule has 0 aliphatic heterocycles. The molecule has 1 unspecified atom stereocenters. The molecular formula is C16H32N2O. The molecule has 1 rings (SSSR count). The molecule has 112 valence electrons. The monoisotopic (exact) mass is 268 g/mol. The van der Waals surface area contributed by atoms with Gasteiger partial charge in [0, 0.05) is 18.5 Å². The highest BCUT2D eigenvalue weighted by atomic mass is 16.1. The van der Waals surface area contributed by atoms with Gasteiger partial charge in [-0.2, -0.15) is 0 Å². The van der Waals surface area contributed by atoms with E-state index in [0.717, 1.165) is 31.8 Å². The maximum absolute atomic E-state index is 12.2. The van der Waals surface area contributed by atoms with Crippen LogP contribution < -0.4 is 10.6 Å². The van der Waals surface area contributed by atoms with E-state index in [1.54, 1.807) is 0 Å². The van der Waals surface area contributed by atoms with Gasteiger partial charge < -0.3 is 10.6 Å². The molecule has 0 heterocycles. The number of nitrogens with one attached hydrogen (secondary N) is 2. The van der Waals surface area contributed by atoms with Crippen molar-refractivity contribution in [2.45, 2.75) is 71.8 Å². The average Bonchev–Trinajstić information content (AvgIpc) is 2.43. The van der Waals surface area contributed by atoms with Crippen LogP contribution in [0.2, 0.25) is 0 Å². The van der Waals surface area contributed by atoms with Crippen molar-refractivity contribution >= 4 is 5.91 Å². The van der Waals surface area contributed by atoms with E-state index in [-0.39, 0.29) is 11.8 Å². The summed E-state index contributed by atoms with van der Waals surface area (Å²) in [7, 11) is 0. The lowest BCUT2D eigenvalue weighted by atomic mass is 9.82. The lowest BCUT2D eigenvalue weighted by molar-refractivity contribution is -0.125. The third kappa shape index (κ3) is 6.42. The van der Waals surface area contributed by atoms with Crippen LogP contribution in [0.4, 0.5) is 0 Å². The quantitative estimate of drug-likeness (QED) is 0.710. The summed E-state index contributed by atoms with van der Waals surface area (Å²) in [5.41, 5.74) is 0. The van der Waals surface area contributed by atoms with Crippen LogP contribution in [0.3, 0.4) is 0 Å². The molecule has 3 nitrogen and oxygen atoms in total. The highest BCUT2D eigenvalue weighted by Gasteiger charge is 2.22. The third-order valence-electron chi connectivity index (χ3n) is 4.34. The first kappa shape index (κ1) is 16.5. The smallest absolute Gasteiger partial charge is 0.223 e. The van der Waals surface area contributed by atoms with E-state index in [1.807, 2.05) is 0 Å². The minimum Gasteiger partial charge on any atom is -0.354 e. The minimum absolute atomic E-state index is 0.219. The standard InChI is InChI=1S/C16H32N2O/c1-4-15(11-14-9-7-6-8-10-14)16(19)18-12-13(3)17-5-2/h13-15,17H,4-12H2,1-3H3,(H,18,19)/t13-,15?/m1/s1. The lowest BCUT2D eigenvalue weighted by Crippen LogP contribution is -2.41. The highest BCUT2D eigenvalue weighted by Crippen LogP contribution is 2.30. The second kappa shape index (κ2) is 9.35. The molecule has 1 amide bonds. The van der Waals surface area contributed by atoms with Crippen LogP contribution >= 0.6 is 0 Å². The Morgan fingerprint density at radius 2 is 1.89 bits per heavy atom. The number of rotatable bonds is 8. The molecular weight excluding hydrogens is 236 g/mol. The van der Waals surface area contributed by atoms with Crippen LogP contribution in [-0.2, 0) is 4.79 Å². The van der Waals surface area contributed by atoms with Crippen LogP contribution in [0, 0.1) is 11.8 Å². The van der Waals surface area contributed by atoms with E-state index in [1.165, 1.54) is 32.1 Å². The fourth-order valence-corrected chi connectivity index (χ4v) is 3.10. The second-order valence-corrected chi connectivity index (χ2v) is 6.05. The predicted octanol–water partition coefficient (Wildman–Crippen LogP) is 3.10. The molecule has 3 heteroatoms. The summed E-state index contributed by atoms with van der Waals surface area (Å²) in [5, 5.41) is 6.43. The Kier molecular flexibility index (Phi) is 8.11. The maximum Gasteiger partial charge on any atom is 0.223 e. The van der Waals surface area contributed by atoms with E-state index < -0.39 is 0 Å². The van der Waals surface area contributed by atoms with E-state index in [0.29, 0.717) is 6.04 Å². The van der Waals surface area contributed by atoms with Crippen molar-refractivity contribution in [2.75, 3.05) is 13.1 Å². The van der Waals surface area contributed by atoms with Crippen molar-refractivity contribution in [3.63, 3.8) is 0 Å². The van der Waals surface area contributed by atoms with E-state index in [2.05, 4.69) is 31.4 Å². The summed E-state index contributed by atoms with van der Waals surface area (Å²) in [5.74, 6) is 1.27. The van der Waals surface area contributed by atoms with Crippen molar-refractivity contribution in [1.82, 2.24) is 10.6 Å². The average molecular weight is 268 g/mol.